The summed E-state index contributed by atoms with van der Waals surface area (Å²) in [5.74, 6) is -0.873. The lowest BCUT2D eigenvalue weighted by molar-refractivity contribution is -0.137. The van der Waals surface area contributed by atoms with Crippen molar-refractivity contribution in [2.75, 3.05) is 5.32 Å². The second-order valence-electron chi connectivity index (χ2n) is 7.43. The number of urea groups is 1. The van der Waals surface area contributed by atoms with Crippen LogP contribution in [0.25, 0.3) is 0 Å². The van der Waals surface area contributed by atoms with E-state index in [1.165, 1.54) is 12.1 Å². The minimum atomic E-state index is -4.55. The van der Waals surface area contributed by atoms with E-state index in [4.69, 9.17) is 0 Å². The number of carbonyl (C=O) groups is 2. The number of hydrogen-bond acceptors (Lipinski definition) is 3. The number of hydrazine groups is 1. The van der Waals surface area contributed by atoms with Crippen molar-refractivity contribution in [3.05, 3.63) is 58.7 Å². The largest absolute Gasteiger partial charge is 0.507 e. The summed E-state index contributed by atoms with van der Waals surface area (Å²) >= 11 is 0. The number of alkyl halides is 3. The lowest BCUT2D eigenvalue weighted by Gasteiger charge is -2.17. The van der Waals surface area contributed by atoms with Crippen molar-refractivity contribution in [1.82, 2.24) is 10.9 Å². The molecule has 0 saturated heterocycles. The molecule has 0 heterocycles. The van der Waals surface area contributed by atoms with Gasteiger partial charge in [0.15, 0.2) is 0 Å². The molecule has 0 spiro atoms. The van der Waals surface area contributed by atoms with Gasteiger partial charge in [-0.3, -0.25) is 10.2 Å². The van der Waals surface area contributed by atoms with Gasteiger partial charge in [-0.15, -0.1) is 0 Å². The first-order valence-electron chi connectivity index (χ1n) is 9.31. The highest BCUT2D eigenvalue weighted by Crippen LogP contribution is 2.33. The zero-order valence-corrected chi connectivity index (χ0v) is 17.0. The lowest BCUT2D eigenvalue weighted by atomic mass is 9.92. The Kier molecular flexibility index (Phi) is 6.96. The molecule has 0 unspecified atom stereocenters. The molecule has 0 fully saturated rings. The minimum Gasteiger partial charge on any atom is -0.507 e. The maximum absolute atomic E-state index is 12.8. The zero-order valence-electron chi connectivity index (χ0n) is 17.0. The Morgan fingerprint density at radius 3 is 2.20 bits per heavy atom. The fourth-order valence-electron chi connectivity index (χ4n) is 2.74. The molecule has 6 nitrogen and oxygen atoms in total. The highest BCUT2D eigenvalue weighted by Gasteiger charge is 2.30. The molecule has 2 aromatic carbocycles. The molecule has 0 aliphatic heterocycles. The van der Waals surface area contributed by atoms with E-state index in [0.29, 0.717) is 5.56 Å². The molecule has 0 aromatic heterocycles. The molecule has 30 heavy (non-hydrogen) atoms. The molecule has 0 aliphatic rings. The minimum absolute atomic E-state index is 0.00994. The summed E-state index contributed by atoms with van der Waals surface area (Å²) in [6, 6.07) is 6.51. The predicted octanol–water partition coefficient (Wildman–Crippen LogP) is 5.12. The molecule has 4 N–H and O–H groups in total. The fourth-order valence-corrected chi connectivity index (χ4v) is 2.74. The monoisotopic (exact) mass is 423 g/mol. The number of nitrogens with one attached hydrogen (secondary N) is 3. The van der Waals surface area contributed by atoms with Crippen LogP contribution in [0.5, 0.6) is 5.75 Å². The van der Waals surface area contributed by atoms with E-state index < -0.39 is 23.7 Å². The van der Waals surface area contributed by atoms with Crippen molar-refractivity contribution >= 4 is 17.6 Å². The Morgan fingerprint density at radius 2 is 1.63 bits per heavy atom. The summed E-state index contributed by atoms with van der Waals surface area (Å²) < 4.78 is 38.3. The van der Waals surface area contributed by atoms with Crippen LogP contribution in [0.15, 0.2) is 36.4 Å². The number of carbonyl (C=O) groups excluding carboxylic acids is 2. The lowest BCUT2D eigenvalue weighted by Crippen LogP contribution is -2.44. The average molecular weight is 423 g/mol. The van der Waals surface area contributed by atoms with Crippen LogP contribution in [0.4, 0.5) is 23.7 Å². The van der Waals surface area contributed by atoms with Crippen molar-refractivity contribution in [3.8, 4) is 5.75 Å². The van der Waals surface area contributed by atoms with E-state index in [1.54, 1.807) is 0 Å². The van der Waals surface area contributed by atoms with Crippen LogP contribution in [0.3, 0.4) is 0 Å². The Labute approximate surface area is 172 Å². The topological polar surface area (TPSA) is 90.5 Å². The maximum atomic E-state index is 12.8. The van der Waals surface area contributed by atoms with Crippen LogP contribution in [-0.4, -0.2) is 17.0 Å². The predicted molar refractivity (Wildman–Crippen MR) is 107 cm³/mol. The second-order valence-corrected chi connectivity index (χ2v) is 7.43. The van der Waals surface area contributed by atoms with Crippen molar-refractivity contribution < 1.29 is 27.9 Å². The summed E-state index contributed by atoms with van der Waals surface area (Å²) in [5.41, 5.74) is 4.64. The molecule has 2 aromatic rings. The summed E-state index contributed by atoms with van der Waals surface area (Å²) in [6.07, 6.45) is -4.55. The molecule has 3 amide bonds. The summed E-state index contributed by atoms with van der Waals surface area (Å²) in [5, 5.41) is 12.7. The number of aromatic hydroxyl groups is 1. The highest BCUT2D eigenvalue weighted by atomic mass is 19.4. The number of anilines is 1. The molecular weight excluding hydrogens is 399 g/mol. The fraction of sp³-hybridized carbons (Fsp3) is 0.333. The van der Waals surface area contributed by atoms with Gasteiger partial charge in [-0.05, 0) is 47.2 Å². The molecule has 0 atom stereocenters. The number of phenols is 1. The first-order valence-corrected chi connectivity index (χ1v) is 9.31. The molecule has 0 radical (unpaired) electrons. The van der Waals surface area contributed by atoms with E-state index in [-0.39, 0.29) is 28.8 Å². The first-order chi connectivity index (χ1) is 13.9. The van der Waals surface area contributed by atoms with E-state index in [9.17, 15) is 27.9 Å². The van der Waals surface area contributed by atoms with Gasteiger partial charge in [-0.2, -0.15) is 13.2 Å². The number of phenolic OH excluding ortho intramolecular Hbond substituents is 1. The van der Waals surface area contributed by atoms with Gasteiger partial charge in [0.05, 0.1) is 11.1 Å². The molecule has 0 aliphatic carbocycles. The summed E-state index contributed by atoms with van der Waals surface area (Å²) in [6.45, 7) is 7.64. The molecule has 0 saturated carbocycles. The molecular formula is C21H24F3N3O3. The normalized spacial score (nSPS) is 11.5. The van der Waals surface area contributed by atoms with Gasteiger partial charge in [0.2, 0.25) is 0 Å². The molecule has 162 valence electrons. The van der Waals surface area contributed by atoms with Crippen molar-refractivity contribution in [2.45, 2.75) is 45.7 Å². The van der Waals surface area contributed by atoms with E-state index in [2.05, 4.69) is 16.2 Å². The molecule has 2 rings (SSSR count). The summed E-state index contributed by atoms with van der Waals surface area (Å²) in [7, 11) is 0. The smallest absolute Gasteiger partial charge is 0.416 e. The third kappa shape index (κ3) is 5.65. The first kappa shape index (κ1) is 23.1. The van der Waals surface area contributed by atoms with Crippen LogP contribution in [0, 0.1) is 0 Å². The van der Waals surface area contributed by atoms with E-state index in [0.717, 1.165) is 23.8 Å². The van der Waals surface area contributed by atoms with Gasteiger partial charge in [0.25, 0.3) is 5.91 Å². The van der Waals surface area contributed by atoms with E-state index >= 15 is 0 Å². The highest BCUT2D eigenvalue weighted by molar-refractivity contribution is 5.99. The van der Waals surface area contributed by atoms with E-state index in [1.807, 2.05) is 33.8 Å². The Hall–Kier alpha value is -3.23. The van der Waals surface area contributed by atoms with Crippen LogP contribution >= 0.6 is 0 Å². The third-order valence-electron chi connectivity index (χ3n) is 4.43. The SMILES string of the molecule is CC(C)c1cc(C(=O)NNC(=O)Nc2cccc(C(F)(F)F)c2)c(O)c(C(C)C)c1. The van der Waals surface area contributed by atoms with Crippen molar-refractivity contribution in [3.63, 3.8) is 0 Å². The third-order valence-corrected chi connectivity index (χ3v) is 4.43. The van der Waals surface area contributed by atoms with Crippen LogP contribution in [0.1, 0.15) is 66.6 Å². The number of benzene rings is 2. The van der Waals surface area contributed by atoms with Gasteiger partial charge in [0, 0.05) is 5.69 Å². The zero-order chi connectivity index (χ0) is 22.6. The van der Waals surface area contributed by atoms with Crippen molar-refractivity contribution in [2.24, 2.45) is 0 Å². The van der Waals surface area contributed by atoms with Gasteiger partial charge >= 0.3 is 12.2 Å². The van der Waals surface area contributed by atoms with Crippen LogP contribution < -0.4 is 16.2 Å². The van der Waals surface area contributed by atoms with Gasteiger partial charge in [-0.25, -0.2) is 10.2 Å². The standard InChI is InChI=1S/C21H24F3N3O3/c1-11(2)13-8-16(12(3)4)18(28)17(9-13)19(29)26-27-20(30)25-15-7-5-6-14(10-15)21(22,23)24/h5-12,28H,1-4H3,(H,26,29)(H2,25,27,30). The number of rotatable bonds is 4. The van der Waals surface area contributed by atoms with Crippen LogP contribution in [-0.2, 0) is 6.18 Å². The number of hydrogen-bond donors (Lipinski definition) is 4. The van der Waals surface area contributed by atoms with Crippen LogP contribution in [0.2, 0.25) is 0 Å². The average Bonchev–Trinajstić information content (AvgIpc) is 2.65. The Bertz CT molecular complexity index is 941. The second kappa shape index (κ2) is 9.06. The molecule has 0 bridgehead atoms. The Morgan fingerprint density at radius 1 is 0.967 bits per heavy atom. The maximum Gasteiger partial charge on any atom is 0.416 e. The van der Waals surface area contributed by atoms with Gasteiger partial charge in [-0.1, -0.05) is 39.8 Å². The summed E-state index contributed by atoms with van der Waals surface area (Å²) in [4.78, 5) is 24.5. The van der Waals surface area contributed by atoms with Gasteiger partial charge in [0.1, 0.15) is 5.75 Å². The molecule has 9 heteroatoms. The number of amides is 3. The van der Waals surface area contributed by atoms with Crippen molar-refractivity contribution in [1.29, 1.82) is 0 Å². The Balaban J connectivity index is 2.11. The quantitative estimate of drug-likeness (QED) is 0.514. The van der Waals surface area contributed by atoms with Gasteiger partial charge < -0.3 is 10.4 Å². The number of halogens is 3.